The average Bonchev–Trinajstić information content (AvgIpc) is 3.29. The molecule has 0 radical (unpaired) electrons. The summed E-state index contributed by atoms with van der Waals surface area (Å²) in [5.74, 6) is -0.745. The molecule has 0 aliphatic carbocycles. The lowest BCUT2D eigenvalue weighted by Crippen LogP contribution is -2.62. The van der Waals surface area contributed by atoms with Crippen molar-refractivity contribution >= 4 is 17.4 Å². The van der Waals surface area contributed by atoms with Gasteiger partial charge in [0, 0.05) is 23.7 Å². The molecule has 8 heteroatoms. The Morgan fingerprint density at radius 1 is 0.971 bits per heavy atom. The minimum absolute atomic E-state index is 0.0827. The molecule has 5 nitrogen and oxygen atoms in total. The maximum atomic E-state index is 14.4. The van der Waals surface area contributed by atoms with Crippen LogP contribution in [-0.2, 0) is 16.5 Å². The number of carbonyl (C=O) groups excluding carboxylic acids is 2. The summed E-state index contributed by atoms with van der Waals surface area (Å²) in [6, 6.07) is 19.0. The third-order valence-electron chi connectivity index (χ3n) is 7.80. The molecular formula is C27H21F3N2O3. The first-order valence-electron chi connectivity index (χ1n) is 11.3. The predicted octanol–water partition coefficient (Wildman–Crippen LogP) is 4.84. The van der Waals surface area contributed by atoms with Gasteiger partial charge in [-0.25, -0.2) is 0 Å². The average molecular weight is 478 g/mol. The molecule has 0 saturated carbocycles. The lowest BCUT2D eigenvalue weighted by molar-refractivity contribution is -0.137. The van der Waals surface area contributed by atoms with Crippen LogP contribution in [0.25, 0.3) is 0 Å². The summed E-state index contributed by atoms with van der Waals surface area (Å²) in [4.78, 5) is 30.1. The van der Waals surface area contributed by atoms with Crippen LogP contribution in [0.15, 0.2) is 72.8 Å². The Hall–Kier alpha value is -3.65. The number of amides is 1. The number of likely N-dealkylation sites (tertiary alicyclic amines) is 1. The molecule has 1 amide bonds. The zero-order chi connectivity index (χ0) is 24.6. The summed E-state index contributed by atoms with van der Waals surface area (Å²) < 4.78 is 45.9. The largest absolute Gasteiger partial charge is 0.492 e. The molecule has 3 aromatic rings. The molecule has 178 valence electrons. The Morgan fingerprint density at radius 2 is 1.66 bits per heavy atom. The minimum atomic E-state index is -4.48. The van der Waals surface area contributed by atoms with Gasteiger partial charge in [0.15, 0.2) is 5.78 Å². The quantitative estimate of drug-likeness (QED) is 0.544. The first-order chi connectivity index (χ1) is 16.7. The van der Waals surface area contributed by atoms with Crippen LogP contribution in [0.2, 0.25) is 0 Å². The number of ether oxygens (including phenoxy) is 1. The predicted molar refractivity (Wildman–Crippen MR) is 122 cm³/mol. The van der Waals surface area contributed by atoms with E-state index in [0.717, 1.165) is 12.1 Å². The van der Waals surface area contributed by atoms with E-state index in [1.807, 2.05) is 23.1 Å². The van der Waals surface area contributed by atoms with Crippen LogP contribution in [0.3, 0.4) is 0 Å². The molecule has 35 heavy (non-hydrogen) atoms. The topological polar surface area (TPSA) is 58.6 Å². The standard InChI is InChI=1S/C27H21F3N2O3/c1-32-14-20(16-10-12-17(13-11-16)27(28,29)30)25(15-35-22-9-5-2-6-18(22)23(25)33)26(32)19-7-3-4-8-21(19)31-24(26)34/h2-13,20H,14-15H2,1H3,(H,31,34)/t20-,25+,26+/m1/s1. The summed E-state index contributed by atoms with van der Waals surface area (Å²) in [6.07, 6.45) is -4.48. The molecule has 2 spiro atoms. The van der Waals surface area contributed by atoms with Gasteiger partial charge in [0.1, 0.15) is 23.3 Å². The van der Waals surface area contributed by atoms with Crippen LogP contribution < -0.4 is 10.1 Å². The Labute approximate surface area is 199 Å². The van der Waals surface area contributed by atoms with E-state index < -0.39 is 28.6 Å². The van der Waals surface area contributed by atoms with Gasteiger partial charge in [-0.15, -0.1) is 0 Å². The van der Waals surface area contributed by atoms with Crippen molar-refractivity contribution in [3.05, 3.63) is 95.1 Å². The lowest BCUT2D eigenvalue weighted by atomic mass is 9.57. The van der Waals surface area contributed by atoms with Gasteiger partial charge in [0.05, 0.1) is 11.1 Å². The number of rotatable bonds is 1. The fraction of sp³-hybridized carbons (Fsp3) is 0.259. The smallest absolute Gasteiger partial charge is 0.416 e. The summed E-state index contributed by atoms with van der Waals surface area (Å²) in [5, 5.41) is 2.94. The second-order valence-corrected chi connectivity index (χ2v) is 9.35. The van der Waals surface area contributed by atoms with E-state index >= 15 is 0 Å². The second-order valence-electron chi connectivity index (χ2n) is 9.35. The van der Waals surface area contributed by atoms with Crippen molar-refractivity contribution in [3.8, 4) is 5.75 Å². The monoisotopic (exact) mass is 478 g/mol. The number of halogens is 3. The molecule has 3 aliphatic rings. The summed E-state index contributed by atoms with van der Waals surface area (Å²) in [6.45, 7) is 0.199. The zero-order valence-electron chi connectivity index (χ0n) is 18.7. The normalized spacial score (nSPS) is 27.6. The maximum Gasteiger partial charge on any atom is 0.416 e. The van der Waals surface area contributed by atoms with Gasteiger partial charge in [-0.05, 0) is 42.9 Å². The number of fused-ring (bicyclic) bond motifs is 4. The third-order valence-corrected chi connectivity index (χ3v) is 7.80. The number of benzene rings is 3. The number of carbonyl (C=O) groups is 2. The zero-order valence-corrected chi connectivity index (χ0v) is 18.7. The molecule has 3 aromatic carbocycles. The minimum Gasteiger partial charge on any atom is -0.492 e. The Balaban J connectivity index is 1.61. The van der Waals surface area contributed by atoms with Gasteiger partial charge >= 0.3 is 6.18 Å². The number of nitrogens with one attached hydrogen (secondary N) is 1. The van der Waals surface area contributed by atoms with Crippen LogP contribution in [0.5, 0.6) is 5.75 Å². The SMILES string of the molecule is CN1C[C@H](c2ccc(C(F)(F)F)cc2)[C@]2(COc3ccccc3C2=O)[C@]12C(=O)Nc1ccccc12. The van der Waals surface area contributed by atoms with Gasteiger partial charge in [0.2, 0.25) is 0 Å². The van der Waals surface area contributed by atoms with Crippen LogP contribution in [0.1, 0.15) is 33.0 Å². The van der Waals surface area contributed by atoms with Crippen molar-refractivity contribution in [2.24, 2.45) is 5.41 Å². The molecule has 0 unspecified atom stereocenters. The van der Waals surface area contributed by atoms with E-state index in [4.69, 9.17) is 4.74 Å². The number of hydrogen-bond donors (Lipinski definition) is 1. The van der Waals surface area contributed by atoms with Crippen molar-refractivity contribution in [2.75, 3.05) is 25.5 Å². The highest BCUT2D eigenvalue weighted by molar-refractivity contribution is 6.15. The van der Waals surface area contributed by atoms with Crippen LogP contribution >= 0.6 is 0 Å². The summed E-state index contributed by atoms with van der Waals surface area (Å²) in [5.41, 5.74) is -1.36. The molecular weight excluding hydrogens is 457 g/mol. The van der Waals surface area contributed by atoms with Crippen molar-refractivity contribution in [3.63, 3.8) is 0 Å². The molecule has 1 saturated heterocycles. The summed E-state index contributed by atoms with van der Waals surface area (Å²) >= 11 is 0. The lowest BCUT2D eigenvalue weighted by Gasteiger charge is -2.47. The number of Topliss-reactive ketones (excluding diaryl/α,β-unsaturated/α-hetero) is 1. The van der Waals surface area contributed by atoms with Gasteiger partial charge < -0.3 is 10.1 Å². The van der Waals surface area contributed by atoms with E-state index in [2.05, 4.69) is 5.32 Å². The van der Waals surface area contributed by atoms with Gasteiger partial charge in [-0.1, -0.05) is 42.5 Å². The van der Waals surface area contributed by atoms with Crippen LogP contribution in [0, 0.1) is 5.41 Å². The molecule has 1 fully saturated rings. The van der Waals surface area contributed by atoms with Gasteiger partial charge in [-0.2, -0.15) is 13.2 Å². The van der Waals surface area contributed by atoms with Crippen molar-refractivity contribution in [2.45, 2.75) is 17.6 Å². The molecule has 6 rings (SSSR count). The molecule has 0 bridgehead atoms. The Bertz CT molecular complexity index is 1370. The number of ketones is 1. The Kier molecular flexibility index (Phi) is 4.48. The molecule has 1 N–H and O–H groups in total. The Morgan fingerprint density at radius 3 is 2.40 bits per heavy atom. The van der Waals surface area contributed by atoms with E-state index in [-0.39, 0.29) is 24.8 Å². The van der Waals surface area contributed by atoms with Crippen LogP contribution in [0.4, 0.5) is 18.9 Å². The number of anilines is 1. The van der Waals surface area contributed by atoms with E-state index in [0.29, 0.717) is 28.1 Å². The van der Waals surface area contributed by atoms with E-state index in [1.165, 1.54) is 12.1 Å². The molecule has 3 aliphatic heterocycles. The number of para-hydroxylation sites is 2. The summed E-state index contributed by atoms with van der Waals surface area (Å²) in [7, 11) is 1.78. The first-order valence-corrected chi connectivity index (χ1v) is 11.3. The molecule has 0 aromatic heterocycles. The maximum absolute atomic E-state index is 14.4. The van der Waals surface area contributed by atoms with Gasteiger partial charge in [-0.3, -0.25) is 14.5 Å². The van der Waals surface area contributed by atoms with Crippen molar-refractivity contribution < 1.29 is 27.5 Å². The number of alkyl halides is 3. The fourth-order valence-electron chi connectivity index (χ4n) is 6.32. The van der Waals surface area contributed by atoms with Crippen LogP contribution in [-0.4, -0.2) is 36.8 Å². The van der Waals surface area contributed by atoms with Crippen molar-refractivity contribution in [1.29, 1.82) is 0 Å². The number of nitrogens with zero attached hydrogens (tertiary/aromatic N) is 1. The van der Waals surface area contributed by atoms with E-state index in [1.54, 1.807) is 37.4 Å². The first kappa shape index (κ1) is 21.9. The highest BCUT2D eigenvalue weighted by Gasteiger charge is 2.75. The number of likely N-dealkylation sites (N-methyl/N-ethyl adjacent to an activating group) is 1. The molecule has 3 atom stereocenters. The fourth-order valence-corrected chi connectivity index (χ4v) is 6.32. The number of hydrogen-bond acceptors (Lipinski definition) is 4. The van der Waals surface area contributed by atoms with Gasteiger partial charge in [0.25, 0.3) is 5.91 Å². The highest BCUT2D eigenvalue weighted by atomic mass is 19.4. The molecule has 3 heterocycles. The van der Waals surface area contributed by atoms with Crippen molar-refractivity contribution in [1.82, 2.24) is 4.90 Å². The second kappa shape index (κ2) is 7.18. The third kappa shape index (κ3) is 2.68. The van der Waals surface area contributed by atoms with E-state index in [9.17, 15) is 22.8 Å². The highest BCUT2D eigenvalue weighted by Crippen LogP contribution is 2.64.